The Bertz CT molecular complexity index is 145. The van der Waals surface area contributed by atoms with Crippen LogP contribution in [0.5, 0.6) is 0 Å². The van der Waals surface area contributed by atoms with Crippen molar-refractivity contribution in [3.05, 3.63) is 0 Å². The van der Waals surface area contributed by atoms with Crippen molar-refractivity contribution in [2.24, 2.45) is 5.92 Å². The molecule has 1 aliphatic heterocycles. The van der Waals surface area contributed by atoms with Crippen LogP contribution in [-0.4, -0.2) is 23.6 Å². The number of ether oxygens (including phenoxy) is 1. The Balaban J connectivity index is 2.20. The maximum atomic E-state index is 10.9. The van der Waals surface area contributed by atoms with Gasteiger partial charge in [0.1, 0.15) is 5.25 Å². The predicted molar refractivity (Wildman–Crippen MR) is 46.7 cm³/mol. The summed E-state index contributed by atoms with van der Waals surface area (Å²) in [7, 11) is 0. The second-order valence-electron chi connectivity index (χ2n) is 3.17. The third-order valence-corrected chi connectivity index (χ3v) is 3.21. The Morgan fingerprint density at radius 3 is 2.91 bits per heavy atom. The summed E-state index contributed by atoms with van der Waals surface area (Å²) < 4.78 is 4.84. The number of hydrogen-bond acceptors (Lipinski definition) is 3. The molecule has 0 aromatic rings. The zero-order chi connectivity index (χ0) is 8.27. The van der Waals surface area contributed by atoms with E-state index in [4.69, 9.17) is 4.74 Å². The molecule has 0 aliphatic carbocycles. The van der Waals surface area contributed by atoms with E-state index in [0.717, 1.165) is 12.2 Å². The summed E-state index contributed by atoms with van der Waals surface area (Å²) in [5, 5.41) is 0.123. The van der Waals surface area contributed by atoms with Crippen LogP contribution in [-0.2, 0) is 9.53 Å². The minimum absolute atomic E-state index is 0.0179. The first-order chi connectivity index (χ1) is 5.20. The molecule has 1 unspecified atom stereocenters. The molecule has 1 fully saturated rings. The van der Waals surface area contributed by atoms with E-state index in [1.807, 2.05) is 0 Å². The molecule has 0 amide bonds. The molecule has 11 heavy (non-hydrogen) atoms. The van der Waals surface area contributed by atoms with Crippen LogP contribution < -0.4 is 0 Å². The van der Waals surface area contributed by atoms with Gasteiger partial charge in [0.05, 0.1) is 6.61 Å². The largest absolute Gasteiger partial charge is 0.465 e. The predicted octanol–water partition coefficient (Wildman–Crippen LogP) is 1.69. The van der Waals surface area contributed by atoms with Gasteiger partial charge in [0.2, 0.25) is 0 Å². The van der Waals surface area contributed by atoms with Crippen molar-refractivity contribution in [3.63, 3.8) is 0 Å². The lowest BCUT2D eigenvalue weighted by molar-refractivity contribution is -0.137. The fourth-order valence-corrected chi connectivity index (χ4v) is 2.02. The van der Waals surface area contributed by atoms with Gasteiger partial charge in [0.25, 0.3) is 0 Å². The number of carbonyl (C=O) groups excluding carboxylic acids is 1. The summed E-state index contributed by atoms with van der Waals surface area (Å²) >= 11 is 1.73. The van der Waals surface area contributed by atoms with Crippen LogP contribution in [0.15, 0.2) is 0 Å². The van der Waals surface area contributed by atoms with Crippen molar-refractivity contribution in [1.29, 1.82) is 0 Å². The molecule has 0 radical (unpaired) electrons. The summed E-state index contributed by atoms with van der Waals surface area (Å²) in [6, 6.07) is 0. The number of rotatable bonds is 3. The van der Waals surface area contributed by atoms with E-state index in [2.05, 4.69) is 13.8 Å². The topological polar surface area (TPSA) is 26.3 Å². The Hall–Kier alpha value is -0.180. The van der Waals surface area contributed by atoms with Gasteiger partial charge in [-0.2, -0.15) is 0 Å². The monoisotopic (exact) mass is 174 g/mol. The maximum absolute atomic E-state index is 10.9. The fraction of sp³-hybridized carbons (Fsp3) is 0.875. The highest BCUT2D eigenvalue weighted by molar-refractivity contribution is 8.00. The van der Waals surface area contributed by atoms with E-state index in [-0.39, 0.29) is 11.2 Å². The van der Waals surface area contributed by atoms with E-state index in [1.165, 1.54) is 0 Å². The zero-order valence-corrected chi connectivity index (χ0v) is 7.82. The lowest BCUT2D eigenvalue weighted by Crippen LogP contribution is -2.11. The number of thioether (sulfide) groups is 1. The Morgan fingerprint density at radius 1 is 1.73 bits per heavy atom. The first-order valence-corrected chi connectivity index (χ1v) is 5.03. The van der Waals surface area contributed by atoms with Crippen LogP contribution in [0.2, 0.25) is 0 Å². The van der Waals surface area contributed by atoms with Gasteiger partial charge in [-0.3, -0.25) is 4.79 Å². The molecule has 0 bridgehead atoms. The third kappa shape index (κ3) is 2.73. The Labute approximate surface area is 71.7 Å². The number of cyclic esters (lactones) is 1. The van der Waals surface area contributed by atoms with Gasteiger partial charge in [-0.25, -0.2) is 0 Å². The second-order valence-corrected chi connectivity index (χ2v) is 4.41. The van der Waals surface area contributed by atoms with Crippen molar-refractivity contribution in [3.8, 4) is 0 Å². The Kier molecular flexibility index (Phi) is 3.24. The summed E-state index contributed by atoms with van der Waals surface area (Å²) in [5.41, 5.74) is 0. The minimum atomic E-state index is -0.0179. The summed E-state index contributed by atoms with van der Waals surface area (Å²) in [4.78, 5) is 10.9. The van der Waals surface area contributed by atoms with E-state index in [1.54, 1.807) is 11.8 Å². The highest BCUT2D eigenvalue weighted by Gasteiger charge is 2.26. The van der Waals surface area contributed by atoms with Gasteiger partial charge < -0.3 is 4.74 Å². The minimum Gasteiger partial charge on any atom is -0.465 e. The first-order valence-electron chi connectivity index (χ1n) is 3.98. The number of hydrogen-bond donors (Lipinski definition) is 0. The number of carbonyl (C=O) groups is 1. The van der Waals surface area contributed by atoms with E-state index >= 15 is 0 Å². The molecular weight excluding hydrogens is 160 g/mol. The molecule has 1 heterocycles. The standard InChI is InChI=1S/C8H14O2S/c1-6(2)5-11-7-3-4-10-8(7)9/h6-7H,3-5H2,1-2H3. The van der Waals surface area contributed by atoms with Crippen LogP contribution in [0, 0.1) is 5.92 Å². The zero-order valence-electron chi connectivity index (χ0n) is 7.00. The highest BCUT2D eigenvalue weighted by Crippen LogP contribution is 2.23. The third-order valence-electron chi connectivity index (χ3n) is 1.52. The number of esters is 1. The fourth-order valence-electron chi connectivity index (χ4n) is 0.937. The lowest BCUT2D eigenvalue weighted by Gasteiger charge is -2.06. The second kappa shape index (κ2) is 4.00. The van der Waals surface area contributed by atoms with Crippen LogP contribution in [0.25, 0.3) is 0 Å². The van der Waals surface area contributed by atoms with Crippen LogP contribution in [0.4, 0.5) is 0 Å². The van der Waals surface area contributed by atoms with Crippen molar-refractivity contribution in [2.45, 2.75) is 25.5 Å². The SMILES string of the molecule is CC(C)CSC1CCOC1=O. The molecule has 0 aromatic carbocycles. The van der Waals surface area contributed by atoms with Gasteiger partial charge in [-0.15, -0.1) is 11.8 Å². The van der Waals surface area contributed by atoms with E-state index in [9.17, 15) is 4.79 Å². The molecule has 1 aliphatic rings. The molecule has 3 heteroatoms. The van der Waals surface area contributed by atoms with Gasteiger partial charge in [-0.05, 0) is 11.7 Å². The molecular formula is C8H14O2S. The van der Waals surface area contributed by atoms with Gasteiger partial charge in [-0.1, -0.05) is 13.8 Å². The maximum Gasteiger partial charge on any atom is 0.319 e. The van der Waals surface area contributed by atoms with Crippen molar-refractivity contribution >= 4 is 17.7 Å². The van der Waals surface area contributed by atoms with Crippen molar-refractivity contribution < 1.29 is 9.53 Å². The molecule has 0 N–H and O–H groups in total. The van der Waals surface area contributed by atoms with Crippen molar-refractivity contribution in [1.82, 2.24) is 0 Å². The van der Waals surface area contributed by atoms with Gasteiger partial charge in [0.15, 0.2) is 0 Å². The molecule has 64 valence electrons. The van der Waals surface area contributed by atoms with Crippen LogP contribution in [0.3, 0.4) is 0 Å². The smallest absolute Gasteiger partial charge is 0.319 e. The lowest BCUT2D eigenvalue weighted by atomic mass is 10.3. The average molecular weight is 174 g/mol. The van der Waals surface area contributed by atoms with Crippen LogP contribution >= 0.6 is 11.8 Å². The summed E-state index contributed by atoms with van der Waals surface area (Å²) in [5.74, 6) is 1.70. The van der Waals surface area contributed by atoms with Crippen LogP contribution in [0.1, 0.15) is 20.3 Å². The van der Waals surface area contributed by atoms with Gasteiger partial charge >= 0.3 is 5.97 Å². The summed E-state index contributed by atoms with van der Waals surface area (Å²) in [6.45, 7) is 4.94. The molecule has 0 saturated carbocycles. The van der Waals surface area contributed by atoms with E-state index < -0.39 is 0 Å². The summed E-state index contributed by atoms with van der Waals surface area (Å²) in [6.07, 6.45) is 0.899. The van der Waals surface area contributed by atoms with Gasteiger partial charge in [0, 0.05) is 6.42 Å². The first kappa shape index (κ1) is 8.91. The van der Waals surface area contributed by atoms with E-state index in [0.29, 0.717) is 12.5 Å². The molecule has 1 atom stereocenters. The Morgan fingerprint density at radius 2 is 2.45 bits per heavy atom. The van der Waals surface area contributed by atoms with Crippen molar-refractivity contribution in [2.75, 3.05) is 12.4 Å². The molecule has 0 spiro atoms. The quantitative estimate of drug-likeness (QED) is 0.609. The molecule has 0 aromatic heterocycles. The normalized spacial score (nSPS) is 24.3. The molecule has 1 rings (SSSR count). The molecule has 1 saturated heterocycles. The average Bonchev–Trinajstić information content (AvgIpc) is 2.31. The molecule has 2 nitrogen and oxygen atoms in total. The highest BCUT2D eigenvalue weighted by atomic mass is 32.2.